The largest absolute Gasteiger partial charge is 0.437 e. The van der Waals surface area contributed by atoms with E-state index in [4.69, 9.17) is 13.3 Å². The summed E-state index contributed by atoms with van der Waals surface area (Å²) in [5.41, 5.74) is 0. The molecule has 0 aromatic rings. The van der Waals surface area contributed by atoms with E-state index in [0.717, 1.165) is 0 Å². The van der Waals surface area contributed by atoms with Crippen molar-refractivity contribution in [2.45, 2.75) is 58.9 Å². The average Bonchev–Trinajstić information content (AvgIpc) is 1.95. The van der Waals surface area contributed by atoms with E-state index >= 15 is 0 Å². The Morgan fingerprint density at radius 1 is 0.812 bits per heavy atom. The topological polar surface area (TPSA) is 27.7 Å². The smallest absolute Gasteiger partial charge is 0.345 e. The molecule has 0 bridgehead atoms. The highest BCUT2D eigenvalue weighted by Gasteiger charge is 2.41. The highest BCUT2D eigenvalue weighted by Crippen LogP contribution is 2.20. The van der Waals surface area contributed by atoms with Crippen molar-refractivity contribution in [3.8, 4) is 0 Å². The summed E-state index contributed by atoms with van der Waals surface area (Å²) < 4.78 is 17.2. The van der Waals surface area contributed by atoms with Crippen LogP contribution in [-0.4, -0.2) is 33.0 Å². The quantitative estimate of drug-likeness (QED) is 0.428. The van der Waals surface area contributed by atoms with E-state index in [1.54, 1.807) is 0 Å². The van der Waals surface area contributed by atoms with Crippen LogP contribution >= 0.6 is 0 Å². The first-order valence-corrected chi connectivity index (χ1v) is 18.8. The fourth-order valence-corrected chi connectivity index (χ4v) is 7.91. The predicted molar refractivity (Wildman–Crippen MR) is 80.4 cm³/mol. The Balaban J connectivity index is 4.16. The standard InChI is InChI=1S/C9H28O3Si4/c1-13(12-14(2,3)4)10-11-16(8,9)15(5,6)7/h13H,1-9H3. The molecule has 0 radical (unpaired) electrons. The van der Waals surface area contributed by atoms with Crippen molar-refractivity contribution >= 4 is 33.0 Å². The Labute approximate surface area is 105 Å². The van der Waals surface area contributed by atoms with Gasteiger partial charge < -0.3 is 4.12 Å². The highest BCUT2D eigenvalue weighted by atomic mass is 29.3. The fraction of sp³-hybridized carbons (Fsp3) is 1.00. The van der Waals surface area contributed by atoms with E-state index in [0.29, 0.717) is 0 Å². The molecule has 98 valence electrons. The minimum atomic E-state index is -1.66. The van der Waals surface area contributed by atoms with Gasteiger partial charge in [0.25, 0.3) is 0 Å². The number of hydrogen-bond donors (Lipinski definition) is 0. The Bertz CT molecular complexity index is 220. The second-order valence-corrected chi connectivity index (χ2v) is 29.0. The molecule has 0 aliphatic carbocycles. The van der Waals surface area contributed by atoms with Gasteiger partial charge in [-0.05, 0) is 39.3 Å². The molecule has 0 spiro atoms. The van der Waals surface area contributed by atoms with Crippen LogP contribution in [0.15, 0.2) is 0 Å². The van der Waals surface area contributed by atoms with Crippen LogP contribution in [0.2, 0.25) is 58.9 Å². The predicted octanol–water partition coefficient (Wildman–Crippen LogP) is 3.26. The maximum absolute atomic E-state index is 5.91. The molecule has 0 aromatic carbocycles. The summed E-state index contributed by atoms with van der Waals surface area (Å²) >= 11 is 0. The number of hydrogen-bond acceptors (Lipinski definition) is 3. The molecule has 0 N–H and O–H groups in total. The summed E-state index contributed by atoms with van der Waals surface area (Å²) in [5, 5.41) is 0. The van der Waals surface area contributed by atoms with Crippen LogP contribution in [0.1, 0.15) is 0 Å². The maximum Gasteiger partial charge on any atom is 0.345 e. The van der Waals surface area contributed by atoms with E-state index in [-0.39, 0.29) is 0 Å². The molecule has 7 heteroatoms. The summed E-state index contributed by atoms with van der Waals surface area (Å²) in [5.74, 6) is 0. The zero-order valence-corrected chi connectivity index (χ0v) is 16.5. The summed E-state index contributed by atoms with van der Waals surface area (Å²) in [6.45, 7) is 20.1. The highest BCUT2D eigenvalue weighted by molar-refractivity contribution is 7.37. The van der Waals surface area contributed by atoms with Gasteiger partial charge in [-0.2, -0.15) is 0 Å². The normalized spacial score (nSPS) is 16.3. The zero-order chi connectivity index (χ0) is 13.2. The molecule has 0 amide bonds. The molecule has 0 rings (SSSR count). The molecule has 0 aliphatic heterocycles. The summed E-state index contributed by atoms with van der Waals surface area (Å²) in [6.07, 6.45) is 0. The van der Waals surface area contributed by atoms with E-state index in [1.807, 2.05) is 6.55 Å². The second-order valence-electron chi connectivity index (χ2n) is 6.74. The Morgan fingerprint density at radius 3 is 1.56 bits per heavy atom. The molecule has 1 unspecified atom stereocenters. The van der Waals surface area contributed by atoms with E-state index in [2.05, 4.69) is 52.4 Å². The van der Waals surface area contributed by atoms with Crippen molar-refractivity contribution in [3.05, 3.63) is 0 Å². The molecule has 1 atom stereocenters. The van der Waals surface area contributed by atoms with Gasteiger partial charge in [0.05, 0.1) is 7.59 Å². The van der Waals surface area contributed by atoms with Crippen molar-refractivity contribution in [1.82, 2.24) is 0 Å². The van der Waals surface area contributed by atoms with Gasteiger partial charge in [-0.3, -0.25) is 9.15 Å². The van der Waals surface area contributed by atoms with Gasteiger partial charge in [0.15, 0.2) is 8.32 Å². The summed E-state index contributed by atoms with van der Waals surface area (Å²) in [4.78, 5) is 0. The van der Waals surface area contributed by atoms with Gasteiger partial charge >= 0.3 is 9.28 Å². The zero-order valence-electron chi connectivity index (χ0n) is 12.3. The summed E-state index contributed by atoms with van der Waals surface area (Å²) in [6, 6.07) is 0. The molecule has 16 heavy (non-hydrogen) atoms. The van der Waals surface area contributed by atoms with Crippen LogP contribution in [0.4, 0.5) is 0 Å². The van der Waals surface area contributed by atoms with Crippen molar-refractivity contribution in [1.29, 1.82) is 0 Å². The molecule has 0 saturated heterocycles. The third-order valence-corrected chi connectivity index (χ3v) is 22.6. The van der Waals surface area contributed by atoms with Crippen LogP contribution in [0.5, 0.6) is 0 Å². The SMILES string of the molecule is C[SiH](OO[Si](C)(C)[Si](C)(C)C)O[Si](C)(C)C. The van der Waals surface area contributed by atoms with E-state index in [9.17, 15) is 0 Å². The van der Waals surface area contributed by atoms with Crippen molar-refractivity contribution in [2.75, 3.05) is 0 Å². The van der Waals surface area contributed by atoms with Crippen LogP contribution in [0.25, 0.3) is 0 Å². The fourth-order valence-electron chi connectivity index (χ4n) is 0.831. The summed E-state index contributed by atoms with van der Waals surface area (Å²) in [7, 11) is -5.98. The molecule has 0 saturated carbocycles. The minimum Gasteiger partial charge on any atom is -0.437 e. The van der Waals surface area contributed by atoms with Gasteiger partial charge in [0, 0.05) is 0 Å². The third kappa shape index (κ3) is 6.47. The Morgan fingerprint density at radius 2 is 1.25 bits per heavy atom. The second kappa shape index (κ2) is 5.59. The van der Waals surface area contributed by atoms with Crippen LogP contribution < -0.4 is 0 Å². The molecule has 3 nitrogen and oxygen atoms in total. The van der Waals surface area contributed by atoms with Crippen molar-refractivity contribution in [3.63, 3.8) is 0 Å². The van der Waals surface area contributed by atoms with Gasteiger partial charge in [0.2, 0.25) is 7.83 Å². The first-order chi connectivity index (χ1) is 6.85. The molecular formula is C9H28O3Si4. The van der Waals surface area contributed by atoms with E-state index in [1.165, 1.54) is 0 Å². The average molecular weight is 297 g/mol. The minimum absolute atomic E-state index is 1.24. The number of rotatable bonds is 6. The van der Waals surface area contributed by atoms with Crippen molar-refractivity contribution in [2.24, 2.45) is 0 Å². The van der Waals surface area contributed by atoms with Gasteiger partial charge in [-0.1, -0.05) is 19.6 Å². The lowest BCUT2D eigenvalue weighted by molar-refractivity contribution is -0.126. The monoisotopic (exact) mass is 296 g/mol. The van der Waals surface area contributed by atoms with Gasteiger partial charge in [0.1, 0.15) is 0 Å². The molecule has 0 fully saturated rings. The Hall–Kier alpha value is 0.748. The third-order valence-electron chi connectivity index (χ3n) is 2.72. The van der Waals surface area contributed by atoms with Crippen molar-refractivity contribution < 1.29 is 13.3 Å². The van der Waals surface area contributed by atoms with Gasteiger partial charge in [-0.25, -0.2) is 0 Å². The van der Waals surface area contributed by atoms with Crippen LogP contribution in [-0.2, 0) is 13.3 Å². The molecule has 0 heterocycles. The lowest BCUT2D eigenvalue weighted by Crippen LogP contribution is -2.55. The molecular weight excluding hydrogens is 268 g/mol. The lowest BCUT2D eigenvalue weighted by Gasteiger charge is -2.34. The first kappa shape index (κ1) is 16.7. The lowest BCUT2D eigenvalue weighted by atomic mass is 11.8. The maximum atomic E-state index is 5.91. The molecule has 0 aromatic heterocycles. The molecule has 0 aliphatic rings. The van der Waals surface area contributed by atoms with Gasteiger partial charge in [-0.15, -0.1) is 0 Å². The van der Waals surface area contributed by atoms with Crippen LogP contribution in [0, 0.1) is 0 Å². The van der Waals surface area contributed by atoms with E-state index < -0.39 is 33.0 Å². The Kier molecular flexibility index (Phi) is 5.85. The van der Waals surface area contributed by atoms with Crippen LogP contribution in [0.3, 0.4) is 0 Å². The first-order valence-electron chi connectivity index (χ1n) is 5.87.